The van der Waals surface area contributed by atoms with Crippen molar-refractivity contribution in [2.24, 2.45) is 11.8 Å². The van der Waals surface area contributed by atoms with Crippen LogP contribution in [0.1, 0.15) is 286 Å². The third-order valence-corrected chi connectivity index (χ3v) is 16.1. The van der Waals surface area contributed by atoms with Gasteiger partial charge in [-0.1, -0.05) is 234 Å². The van der Waals surface area contributed by atoms with Crippen molar-refractivity contribution >= 4 is 39.5 Å². The molecule has 0 aliphatic heterocycles. The molecule has 0 radical (unpaired) electrons. The number of rotatable bonds is 58. The van der Waals surface area contributed by atoms with E-state index in [0.29, 0.717) is 25.7 Å². The van der Waals surface area contributed by atoms with Crippen molar-refractivity contribution in [1.29, 1.82) is 0 Å². The van der Waals surface area contributed by atoms with Crippen molar-refractivity contribution in [1.82, 2.24) is 0 Å². The van der Waals surface area contributed by atoms with Crippen LogP contribution in [0.5, 0.6) is 0 Å². The molecule has 0 saturated carbocycles. The van der Waals surface area contributed by atoms with E-state index >= 15 is 0 Å². The minimum Gasteiger partial charge on any atom is -0.462 e. The fourth-order valence-corrected chi connectivity index (χ4v) is 10.2. The van der Waals surface area contributed by atoms with E-state index in [4.69, 9.17) is 37.0 Å². The maximum absolute atomic E-state index is 12.9. The molecular formula is C59H114O17P2. The molecule has 0 heterocycles. The first-order valence-corrected chi connectivity index (χ1v) is 34.1. The lowest BCUT2D eigenvalue weighted by Crippen LogP contribution is -2.30. The first-order chi connectivity index (χ1) is 37.4. The molecule has 0 rings (SSSR count). The average molecular weight is 1160 g/mol. The van der Waals surface area contributed by atoms with Gasteiger partial charge in [0.1, 0.15) is 19.3 Å². The van der Waals surface area contributed by atoms with Gasteiger partial charge in [0.2, 0.25) is 0 Å². The summed E-state index contributed by atoms with van der Waals surface area (Å²) in [5, 5.41) is 10.5. The Kier molecular flexibility index (Phi) is 50.6. The number of esters is 4. The van der Waals surface area contributed by atoms with Crippen LogP contribution in [-0.4, -0.2) is 96.7 Å². The molecule has 0 fully saturated rings. The van der Waals surface area contributed by atoms with Gasteiger partial charge in [0.25, 0.3) is 0 Å². The van der Waals surface area contributed by atoms with Crippen molar-refractivity contribution < 1.29 is 80.2 Å². The molecular weight excluding hydrogens is 1040 g/mol. The second kappa shape index (κ2) is 51.9. The van der Waals surface area contributed by atoms with Crippen LogP contribution >= 0.6 is 15.6 Å². The molecule has 0 amide bonds. The number of carbonyl (C=O) groups excluding carboxylic acids is 4. The highest BCUT2D eigenvalue weighted by molar-refractivity contribution is 7.47. The Morgan fingerprint density at radius 1 is 0.359 bits per heavy atom. The van der Waals surface area contributed by atoms with Gasteiger partial charge in [-0.2, -0.15) is 0 Å². The summed E-state index contributed by atoms with van der Waals surface area (Å²) in [5.41, 5.74) is 0. The second-order valence-electron chi connectivity index (χ2n) is 21.9. The highest BCUT2D eigenvalue weighted by Gasteiger charge is 2.30. The van der Waals surface area contributed by atoms with E-state index in [0.717, 1.165) is 115 Å². The number of phosphoric ester groups is 2. The fraction of sp³-hybridized carbons (Fsp3) is 0.932. The van der Waals surface area contributed by atoms with Gasteiger partial charge in [-0.25, -0.2) is 9.13 Å². The van der Waals surface area contributed by atoms with Crippen LogP contribution in [0.3, 0.4) is 0 Å². The Labute approximate surface area is 473 Å². The van der Waals surface area contributed by atoms with Crippen molar-refractivity contribution in [3.63, 3.8) is 0 Å². The van der Waals surface area contributed by atoms with E-state index < -0.39 is 97.5 Å². The van der Waals surface area contributed by atoms with Crippen molar-refractivity contribution in [2.45, 2.75) is 304 Å². The van der Waals surface area contributed by atoms with Gasteiger partial charge in [-0.3, -0.25) is 37.3 Å². The Balaban J connectivity index is 5.09. The van der Waals surface area contributed by atoms with Crippen LogP contribution in [0.2, 0.25) is 0 Å². The van der Waals surface area contributed by atoms with Gasteiger partial charge < -0.3 is 33.8 Å². The molecule has 0 aromatic rings. The molecule has 19 heteroatoms. The number of hydrogen-bond donors (Lipinski definition) is 3. The van der Waals surface area contributed by atoms with Crippen LogP contribution in [0.4, 0.5) is 0 Å². The van der Waals surface area contributed by atoms with Gasteiger partial charge in [0.05, 0.1) is 26.4 Å². The normalized spacial score (nSPS) is 15.1. The van der Waals surface area contributed by atoms with Crippen LogP contribution in [0, 0.1) is 11.8 Å². The van der Waals surface area contributed by atoms with E-state index in [9.17, 15) is 43.2 Å². The highest BCUT2D eigenvalue weighted by Crippen LogP contribution is 2.45. The molecule has 462 valence electrons. The number of hydrogen-bond acceptors (Lipinski definition) is 15. The molecule has 0 spiro atoms. The first kappa shape index (κ1) is 76.1. The number of unbranched alkanes of at least 4 members (excludes halogenated alkanes) is 26. The molecule has 7 atom stereocenters. The third-order valence-electron chi connectivity index (χ3n) is 14.2. The summed E-state index contributed by atoms with van der Waals surface area (Å²) in [6.45, 7) is 9.28. The van der Waals surface area contributed by atoms with E-state index in [2.05, 4.69) is 41.5 Å². The number of phosphoric acid groups is 2. The number of aliphatic hydroxyl groups is 1. The van der Waals surface area contributed by atoms with Gasteiger partial charge in [0, 0.05) is 25.7 Å². The summed E-state index contributed by atoms with van der Waals surface area (Å²) in [6, 6.07) is 0. The summed E-state index contributed by atoms with van der Waals surface area (Å²) in [6.07, 6.45) is 32.9. The van der Waals surface area contributed by atoms with Gasteiger partial charge in [0.15, 0.2) is 12.2 Å². The fourth-order valence-electron chi connectivity index (χ4n) is 8.58. The van der Waals surface area contributed by atoms with E-state index in [-0.39, 0.29) is 25.7 Å². The minimum absolute atomic E-state index is 0.0984. The first-order valence-electron chi connectivity index (χ1n) is 31.1. The summed E-state index contributed by atoms with van der Waals surface area (Å²) in [7, 11) is -9.86. The Bertz CT molecular complexity index is 1550. The molecule has 0 aromatic heterocycles. The molecule has 0 aliphatic rings. The molecule has 4 unspecified atom stereocenters. The largest absolute Gasteiger partial charge is 0.472 e. The molecule has 3 N–H and O–H groups in total. The summed E-state index contributed by atoms with van der Waals surface area (Å²) in [4.78, 5) is 71.4. The predicted octanol–water partition coefficient (Wildman–Crippen LogP) is 15.7. The monoisotopic (exact) mass is 1160 g/mol. The zero-order chi connectivity index (χ0) is 58.0. The van der Waals surface area contributed by atoms with Crippen molar-refractivity contribution in [3.05, 3.63) is 0 Å². The smallest absolute Gasteiger partial charge is 0.462 e. The summed E-state index contributed by atoms with van der Waals surface area (Å²) >= 11 is 0. The minimum atomic E-state index is -4.94. The molecule has 17 nitrogen and oxygen atoms in total. The van der Waals surface area contributed by atoms with Gasteiger partial charge in [-0.15, -0.1) is 0 Å². The quantitative estimate of drug-likeness (QED) is 0.0222. The van der Waals surface area contributed by atoms with E-state index in [1.165, 1.54) is 89.9 Å². The lowest BCUT2D eigenvalue weighted by atomic mass is 9.99. The lowest BCUT2D eigenvalue weighted by molar-refractivity contribution is -0.161. The third kappa shape index (κ3) is 51.0. The Morgan fingerprint density at radius 3 is 0.910 bits per heavy atom. The van der Waals surface area contributed by atoms with E-state index in [1.54, 1.807) is 0 Å². The number of carbonyl (C=O) groups is 4. The molecule has 0 aromatic carbocycles. The SMILES string of the molecule is CCCCCCCC(=O)OC[C@H](COP(=O)(O)OC[C@H](O)COP(=O)(O)OC[C@@H](COC(=O)CCCCCCCCC(C)CC)OC(=O)CCCCCCCCCCCCCCCCC(C)CC)OC(=O)CCCCCCC. The number of ether oxygens (including phenoxy) is 4. The van der Waals surface area contributed by atoms with Crippen molar-refractivity contribution in [3.8, 4) is 0 Å². The topological polar surface area (TPSA) is 237 Å². The second-order valence-corrected chi connectivity index (χ2v) is 24.8. The number of aliphatic hydroxyl groups excluding tert-OH is 1. The van der Waals surface area contributed by atoms with Crippen LogP contribution in [-0.2, 0) is 65.4 Å². The predicted molar refractivity (Wildman–Crippen MR) is 308 cm³/mol. The van der Waals surface area contributed by atoms with Gasteiger partial charge in [-0.05, 0) is 37.5 Å². The molecule has 0 bridgehead atoms. The lowest BCUT2D eigenvalue weighted by Gasteiger charge is -2.21. The van der Waals surface area contributed by atoms with Crippen LogP contribution < -0.4 is 0 Å². The summed E-state index contributed by atoms with van der Waals surface area (Å²) < 4.78 is 67.3. The maximum atomic E-state index is 12.9. The van der Waals surface area contributed by atoms with Crippen LogP contribution in [0.15, 0.2) is 0 Å². The molecule has 0 saturated heterocycles. The Hall–Kier alpha value is -1.94. The summed E-state index contributed by atoms with van der Waals surface area (Å²) in [5.74, 6) is -0.588. The van der Waals surface area contributed by atoms with E-state index in [1.807, 2.05) is 0 Å². The Morgan fingerprint density at radius 2 is 0.615 bits per heavy atom. The van der Waals surface area contributed by atoms with Crippen molar-refractivity contribution in [2.75, 3.05) is 39.6 Å². The van der Waals surface area contributed by atoms with Gasteiger partial charge >= 0.3 is 39.5 Å². The van der Waals surface area contributed by atoms with Crippen LogP contribution in [0.25, 0.3) is 0 Å². The standard InChI is InChI=1S/C59H114O17P2/c1-7-11-13-27-35-41-56(61)69-47-54(75-58(63)43-37-28-14-12-8-2)49-73-77(65,66)71-45-53(60)46-72-78(67,68)74-50-55(48-70-57(62)42-36-31-26-25-30-34-40-52(6)10-4)76-59(64)44-38-32-24-22-20-18-16-15-17-19-21-23-29-33-39-51(5)9-3/h51-55,60H,7-50H2,1-6H3,(H,65,66)(H,67,68)/t51?,52?,53-,54+,55+/m0/s1. The zero-order valence-corrected chi connectivity index (χ0v) is 51.7. The molecule has 0 aliphatic carbocycles. The maximum Gasteiger partial charge on any atom is 0.472 e. The highest BCUT2D eigenvalue weighted by atomic mass is 31.2. The zero-order valence-electron chi connectivity index (χ0n) is 50.0. The molecule has 78 heavy (non-hydrogen) atoms. The average Bonchev–Trinajstić information content (AvgIpc) is 3.41.